The predicted octanol–water partition coefficient (Wildman–Crippen LogP) is 4.71. The number of Topliss-reactive ketones (excluding diaryl/α,β-unsaturated/α-hetero) is 1. The number of H-pyrrole nitrogens is 1. The number of fused-ring (bicyclic) bond motifs is 2. The summed E-state index contributed by atoms with van der Waals surface area (Å²) < 4.78 is 17.5. The molecule has 2 fully saturated rings. The van der Waals surface area contributed by atoms with Crippen molar-refractivity contribution < 1.29 is 24.1 Å². The van der Waals surface area contributed by atoms with Gasteiger partial charge in [-0.1, -0.05) is 0 Å². The lowest BCUT2D eigenvalue weighted by Crippen LogP contribution is -2.42. The normalized spacial score (nSPS) is 17.5. The molecule has 42 heavy (non-hydrogen) atoms. The van der Waals surface area contributed by atoms with Crippen LogP contribution in [-0.4, -0.2) is 91.3 Å². The molecule has 4 heterocycles. The van der Waals surface area contributed by atoms with E-state index in [2.05, 4.69) is 20.1 Å². The van der Waals surface area contributed by atoms with E-state index in [1.807, 2.05) is 24.4 Å². The molecule has 3 aromatic rings. The van der Waals surface area contributed by atoms with Gasteiger partial charge in [0.05, 0.1) is 24.3 Å². The van der Waals surface area contributed by atoms with E-state index in [9.17, 15) is 9.90 Å². The summed E-state index contributed by atoms with van der Waals surface area (Å²) in [5, 5.41) is 14.9. The van der Waals surface area contributed by atoms with E-state index in [4.69, 9.17) is 14.2 Å². The van der Waals surface area contributed by atoms with Crippen molar-refractivity contribution in [2.75, 3.05) is 65.6 Å². The number of ether oxygens (including phenoxy) is 3. The van der Waals surface area contributed by atoms with Gasteiger partial charge in [-0.25, -0.2) is 0 Å². The number of hydrogen-bond acceptors (Lipinski definition) is 8. The molecule has 0 saturated carbocycles. The molecule has 14 heteroatoms. The molecule has 0 bridgehead atoms. The van der Waals surface area contributed by atoms with Crippen molar-refractivity contribution in [1.29, 1.82) is 0 Å². The highest BCUT2D eigenvalue weighted by atomic mass is 35.5. The number of ketones is 1. The number of allylic oxidation sites excluding steroid dienone is 1. The zero-order valence-corrected chi connectivity index (χ0v) is 26.9. The number of carbonyl (C=O) groups is 1. The summed E-state index contributed by atoms with van der Waals surface area (Å²) in [6.07, 6.45) is 3.64. The van der Waals surface area contributed by atoms with Crippen LogP contribution in [0.2, 0.25) is 0 Å². The summed E-state index contributed by atoms with van der Waals surface area (Å²) in [5.41, 5.74) is 2.94. The standard InChI is InChI=1S/C28H32N4O5.5ClH/c33-25-4-2-21-27(34)26(37-28(21)23(25)18-32-7-5-29-6-8-32)15-19-17-30-24-3-1-20(16-22(19)24)36-14-11-31-9-12-35-13-10-31;;;;;/h1-4,15-17,29-30,33H,5-14,18H2;5*1H. The van der Waals surface area contributed by atoms with E-state index in [-0.39, 0.29) is 79.3 Å². The maximum Gasteiger partial charge on any atom is 0.231 e. The number of carbonyl (C=O) groups excluding carboxylic acids is 1. The van der Waals surface area contributed by atoms with Crippen LogP contribution in [-0.2, 0) is 11.3 Å². The Labute approximate surface area is 276 Å². The first-order valence-electron chi connectivity index (χ1n) is 12.9. The first kappa shape index (κ1) is 38.1. The number of morpholine rings is 1. The number of aromatic amines is 1. The van der Waals surface area contributed by atoms with Crippen LogP contribution in [0.1, 0.15) is 21.5 Å². The van der Waals surface area contributed by atoms with Crippen LogP contribution in [0.4, 0.5) is 0 Å². The minimum Gasteiger partial charge on any atom is -0.507 e. The highest BCUT2D eigenvalue weighted by Crippen LogP contribution is 2.40. The molecule has 234 valence electrons. The average molecular weight is 687 g/mol. The van der Waals surface area contributed by atoms with Crippen LogP contribution in [0.15, 0.2) is 42.3 Å². The first-order chi connectivity index (χ1) is 18.2. The van der Waals surface area contributed by atoms with E-state index in [0.29, 0.717) is 30.0 Å². The van der Waals surface area contributed by atoms with Crippen molar-refractivity contribution in [3.63, 3.8) is 0 Å². The summed E-state index contributed by atoms with van der Waals surface area (Å²) >= 11 is 0. The van der Waals surface area contributed by atoms with E-state index >= 15 is 0 Å². The zero-order valence-electron chi connectivity index (χ0n) is 22.8. The van der Waals surface area contributed by atoms with Crippen molar-refractivity contribution >= 4 is 84.8 Å². The molecule has 2 aromatic carbocycles. The van der Waals surface area contributed by atoms with Crippen molar-refractivity contribution in [2.45, 2.75) is 6.54 Å². The van der Waals surface area contributed by atoms with Gasteiger partial charge in [0.1, 0.15) is 23.9 Å². The lowest BCUT2D eigenvalue weighted by molar-refractivity contribution is 0.0322. The predicted molar refractivity (Wildman–Crippen MR) is 176 cm³/mol. The van der Waals surface area contributed by atoms with Crippen LogP contribution >= 0.6 is 62.0 Å². The van der Waals surface area contributed by atoms with Crippen LogP contribution in [0.25, 0.3) is 17.0 Å². The molecule has 0 unspecified atom stereocenters. The van der Waals surface area contributed by atoms with Gasteiger partial charge in [0, 0.05) is 75.0 Å². The number of aromatic nitrogens is 1. The van der Waals surface area contributed by atoms with Gasteiger partial charge < -0.3 is 29.6 Å². The Morgan fingerprint density at radius 3 is 2.43 bits per heavy atom. The summed E-state index contributed by atoms with van der Waals surface area (Å²) in [6.45, 7) is 8.97. The monoisotopic (exact) mass is 684 g/mol. The minimum atomic E-state index is -0.177. The molecular weight excluding hydrogens is 650 g/mol. The van der Waals surface area contributed by atoms with Gasteiger partial charge in [-0.15, -0.1) is 62.0 Å². The number of rotatable bonds is 7. The Kier molecular flexibility index (Phi) is 15.8. The summed E-state index contributed by atoms with van der Waals surface area (Å²) in [4.78, 5) is 21.1. The Morgan fingerprint density at radius 2 is 1.69 bits per heavy atom. The number of phenolic OH excluding ortho intramolecular Hbond substituents is 1. The maximum absolute atomic E-state index is 13.2. The third kappa shape index (κ3) is 8.37. The summed E-state index contributed by atoms with van der Waals surface area (Å²) in [6, 6.07) is 9.16. The number of benzene rings is 2. The minimum absolute atomic E-state index is 0. The highest BCUT2D eigenvalue weighted by molar-refractivity contribution is 6.15. The topological polar surface area (TPSA) is 99.3 Å². The zero-order chi connectivity index (χ0) is 25.2. The number of nitrogens with zero attached hydrogens (tertiary/aromatic N) is 2. The lowest BCUT2D eigenvalue weighted by Gasteiger charge is -2.27. The van der Waals surface area contributed by atoms with Gasteiger partial charge in [0.2, 0.25) is 5.78 Å². The average Bonchev–Trinajstić information content (AvgIpc) is 3.47. The number of phenols is 1. The number of halogens is 5. The van der Waals surface area contributed by atoms with Crippen LogP contribution < -0.4 is 14.8 Å². The summed E-state index contributed by atoms with van der Waals surface area (Å²) in [7, 11) is 0. The molecule has 6 rings (SSSR count). The SMILES string of the molecule is Cl.Cl.Cl.Cl.Cl.O=C1C(=Cc2c[nH]c3ccc(OCCN4CCOCC4)cc23)Oc2c1ccc(O)c2CN1CCNCC1. The van der Waals surface area contributed by atoms with Crippen molar-refractivity contribution in [3.05, 3.63) is 59.0 Å². The Morgan fingerprint density at radius 1 is 0.952 bits per heavy atom. The van der Waals surface area contributed by atoms with Gasteiger partial charge in [-0.05, 0) is 36.4 Å². The second kappa shape index (κ2) is 17.4. The third-order valence-electron chi connectivity index (χ3n) is 7.26. The highest BCUT2D eigenvalue weighted by Gasteiger charge is 2.32. The second-order valence-electron chi connectivity index (χ2n) is 9.66. The van der Waals surface area contributed by atoms with Gasteiger partial charge in [0.15, 0.2) is 5.76 Å². The smallest absolute Gasteiger partial charge is 0.231 e. The van der Waals surface area contributed by atoms with Gasteiger partial charge in [-0.3, -0.25) is 14.6 Å². The van der Waals surface area contributed by atoms with Crippen molar-refractivity contribution in [3.8, 4) is 17.2 Å². The van der Waals surface area contributed by atoms with Gasteiger partial charge in [0.25, 0.3) is 0 Å². The maximum atomic E-state index is 13.2. The van der Waals surface area contributed by atoms with Crippen LogP contribution in [0, 0.1) is 0 Å². The Bertz CT molecular complexity index is 1340. The van der Waals surface area contributed by atoms with Gasteiger partial charge in [-0.2, -0.15) is 0 Å². The number of piperazine rings is 1. The fourth-order valence-corrected chi connectivity index (χ4v) is 5.13. The quantitative estimate of drug-likeness (QED) is 0.308. The molecule has 3 aliphatic heterocycles. The van der Waals surface area contributed by atoms with Crippen molar-refractivity contribution in [2.24, 2.45) is 0 Å². The van der Waals surface area contributed by atoms with Crippen molar-refractivity contribution in [1.82, 2.24) is 20.1 Å². The number of aromatic hydroxyl groups is 1. The molecular formula is C28H37Cl5N4O5. The molecule has 3 N–H and O–H groups in total. The third-order valence-corrected chi connectivity index (χ3v) is 7.26. The molecule has 9 nitrogen and oxygen atoms in total. The largest absolute Gasteiger partial charge is 0.507 e. The Balaban J connectivity index is 0.00000176. The molecule has 3 aliphatic rings. The Hall–Kier alpha value is -1.92. The second-order valence-corrected chi connectivity index (χ2v) is 9.66. The molecule has 1 aromatic heterocycles. The van der Waals surface area contributed by atoms with E-state index in [1.54, 1.807) is 18.2 Å². The van der Waals surface area contributed by atoms with Crippen LogP contribution in [0.5, 0.6) is 17.2 Å². The molecule has 0 aliphatic carbocycles. The molecule has 0 atom stereocenters. The number of hydrogen-bond donors (Lipinski definition) is 3. The van der Waals surface area contributed by atoms with E-state index in [1.165, 1.54) is 0 Å². The molecule has 0 spiro atoms. The number of nitrogens with one attached hydrogen (secondary N) is 2. The first-order valence-corrected chi connectivity index (χ1v) is 12.9. The van der Waals surface area contributed by atoms with Gasteiger partial charge >= 0.3 is 0 Å². The molecule has 2 saturated heterocycles. The lowest BCUT2D eigenvalue weighted by atomic mass is 10.0. The van der Waals surface area contributed by atoms with Crippen LogP contribution in [0.3, 0.4) is 0 Å². The molecule has 0 amide bonds. The molecule has 0 radical (unpaired) electrons. The summed E-state index contributed by atoms with van der Waals surface area (Å²) in [5.74, 6) is 1.47. The van der Waals surface area contributed by atoms with E-state index < -0.39 is 0 Å². The van der Waals surface area contributed by atoms with E-state index in [0.717, 1.165) is 81.2 Å². The fourth-order valence-electron chi connectivity index (χ4n) is 5.13. The fraction of sp³-hybridized carbons (Fsp3) is 0.393.